The van der Waals surface area contributed by atoms with Crippen LogP contribution in [-0.4, -0.2) is 42.8 Å². The molecular weight excluding hydrogens is 240 g/mol. The molecule has 0 radical (unpaired) electrons. The molecule has 6 heteroatoms. The van der Waals surface area contributed by atoms with Crippen LogP contribution in [0.4, 0.5) is 0 Å². The molecule has 2 atom stereocenters. The van der Waals surface area contributed by atoms with E-state index in [2.05, 4.69) is 42.6 Å². The number of nitrogens with two attached hydrogens (primary N) is 2. The van der Waals surface area contributed by atoms with E-state index in [1.807, 2.05) is 0 Å². The second-order valence-electron chi connectivity index (χ2n) is 4.22. The third-order valence-electron chi connectivity index (χ3n) is 2.50. The van der Waals surface area contributed by atoms with Gasteiger partial charge in [-0.25, -0.2) is 0 Å². The van der Waals surface area contributed by atoms with E-state index in [0.717, 1.165) is 25.8 Å². The topological polar surface area (TPSA) is 67.6 Å². The van der Waals surface area contributed by atoms with E-state index in [4.69, 9.17) is 11.5 Å². The molecule has 0 amide bonds. The van der Waals surface area contributed by atoms with Crippen LogP contribution >= 0.6 is 22.5 Å². The lowest BCUT2D eigenvalue weighted by atomic mass is 10.1. The lowest BCUT2D eigenvalue weighted by Crippen LogP contribution is -2.30. The minimum atomic E-state index is 0.181. The molecule has 0 saturated carbocycles. The van der Waals surface area contributed by atoms with Gasteiger partial charge in [0.1, 0.15) is 0 Å². The molecule has 16 heavy (non-hydrogen) atoms. The Hall–Kier alpha value is -0.0700. The van der Waals surface area contributed by atoms with Gasteiger partial charge in [0.25, 0.3) is 0 Å². The molecule has 0 aromatic rings. The van der Waals surface area contributed by atoms with E-state index in [0.29, 0.717) is 11.3 Å². The molecule has 0 spiro atoms. The van der Waals surface area contributed by atoms with Gasteiger partial charge in [0.05, 0.1) is 0 Å². The third kappa shape index (κ3) is 8.13. The van der Waals surface area contributed by atoms with Crippen LogP contribution in [-0.2, 0) is 0 Å². The number of rotatable bonds is 8. The zero-order valence-corrected chi connectivity index (χ0v) is 12.1. The van der Waals surface area contributed by atoms with Crippen molar-refractivity contribution in [2.75, 3.05) is 20.6 Å². The zero-order chi connectivity index (χ0) is 12.6. The van der Waals surface area contributed by atoms with Crippen LogP contribution in [0.5, 0.6) is 0 Å². The molecule has 0 aliphatic carbocycles. The molecule has 0 heterocycles. The van der Waals surface area contributed by atoms with Gasteiger partial charge in [-0.3, -0.25) is 4.99 Å². The minimum absolute atomic E-state index is 0.181. The predicted octanol–water partition coefficient (Wildman–Crippen LogP) is 1.33. The van der Waals surface area contributed by atoms with Gasteiger partial charge in [-0.05, 0) is 33.4 Å². The van der Waals surface area contributed by atoms with Crippen LogP contribution < -0.4 is 11.5 Å². The van der Waals surface area contributed by atoms with E-state index >= 15 is 0 Å². The van der Waals surface area contributed by atoms with Crippen molar-refractivity contribution >= 4 is 28.4 Å². The molecule has 0 aliphatic rings. The van der Waals surface area contributed by atoms with Gasteiger partial charge in [0.15, 0.2) is 5.96 Å². The molecule has 0 aromatic heterocycles. The molecule has 1 unspecified atom stereocenters. The minimum Gasteiger partial charge on any atom is -0.370 e. The molecular formula is C10H24N4S2. The fourth-order valence-corrected chi connectivity index (χ4v) is 2.11. The van der Waals surface area contributed by atoms with Crippen LogP contribution in [0.2, 0.25) is 0 Å². The summed E-state index contributed by atoms with van der Waals surface area (Å²) in [5, 5.41) is 0.568. The van der Waals surface area contributed by atoms with Crippen molar-refractivity contribution in [2.24, 2.45) is 16.5 Å². The average Bonchev–Trinajstić information content (AvgIpc) is 2.21. The van der Waals surface area contributed by atoms with Crippen LogP contribution in [0.25, 0.3) is 0 Å². The Morgan fingerprint density at radius 1 is 1.44 bits per heavy atom. The van der Waals surface area contributed by atoms with Crippen molar-refractivity contribution in [3.8, 4) is 0 Å². The van der Waals surface area contributed by atoms with Crippen LogP contribution in [0.15, 0.2) is 4.99 Å². The van der Waals surface area contributed by atoms with Gasteiger partial charge in [0, 0.05) is 17.8 Å². The molecule has 0 aliphatic heterocycles. The number of hydrogen-bond acceptors (Lipinski definition) is 4. The quantitative estimate of drug-likeness (QED) is 0.203. The van der Waals surface area contributed by atoms with Gasteiger partial charge in [-0.2, -0.15) is 0 Å². The first-order valence-corrected chi connectivity index (χ1v) is 7.42. The molecule has 0 bridgehead atoms. The Morgan fingerprint density at radius 3 is 2.50 bits per heavy atom. The van der Waals surface area contributed by atoms with Gasteiger partial charge in [-0.15, -0.1) is 11.7 Å². The molecule has 0 fully saturated rings. The molecule has 0 saturated heterocycles. The standard InChI is InChI=1S/C10H24N4S2/c1-8(16-15)7-9(14(2)3)5-4-6-13-10(11)12/h8-9,15H,4-7H2,1-3H3,(H4,11,12,13)/t8?,9-/m0/s1. The third-order valence-corrected chi connectivity index (χ3v) is 4.14. The summed E-state index contributed by atoms with van der Waals surface area (Å²) in [4.78, 5) is 6.25. The first kappa shape index (κ1) is 15.9. The number of nitrogens with zero attached hydrogens (tertiary/aromatic N) is 2. The Morgan fingerprint density at radius 2 is 2.06 bits per heavy atom. The monoisotopic (exact) mass is 264 g/mol. The number of thiol groups is 1. The van der Waals surface area contributed by atoms with E-state index in [9.17, 15) is 0 Å². The summed E-state index contributed by atoms with van der Waals surface area (Å²) >= 11 is 4.24. The van der Waals surface area contributed by atoms with Gasteiger partial charge < -0.3 is 16.4 Å². The SMILES string of the molecule is CC(C[C@H](CCCN=C(N)N)N(C)C)SS. The first-order valence-electron chi connectivity index (χ1n) is 5.49. The van der Waals surface area contributed by atoms with Crippen molar-refractivity contribution in [1.82, 2.24) is 4.90 Å². The smallest absolute Gasteiger partial charge is 0.185 e. The van der Waals surface area contributed by atoms with Crippen molar-refractivity contribution in [3.63, 3.8) is 0 Å². The van der Waals surface area contributed by atoms with Crippen molar-refractivity contribution < 1.29 is 0 Å². The Bertz CT molecular complexity index is 205. The first-order chi connectivity index (χ1) is 7.47. The Labute approximate surface area is 108 Å². The van der Waals surface area contributed by atoms with Crippen molar-refractivity contribution in [3.05, 3.63) is 0 Å². The molecule has 96 valence electrons. The number of aliphatic imine (C=N–C) groups is 1. The highest BCUT2D eigenvalue weighted by atomic mass is 33.1. The largest absolute Gasteiger partial charge is 0.370 e. The summed E-state index contributed by atoms with van der Waals surface area (Å²) in [7, 11) is 5.84. The molecule has 4 N–H and O–H groups in total. The Kier molecular flexibility index (Phi) is 8.97. The summed E-state index contributed by atoms with van der Waals surface area (Å²) in [6.07, 6.45) is 3.27. The average molecular weight is 264 g/mol. The van der Waals surface area contributed by atoms with Gasteiger partial charge in [-0.1, -0.05) is 17.7 Å². The van der Waals surface area contributed by atoms with E-state index in [1.54, 1.807) is 10.8 Å². The van der Waals surface area contributed by atoms with Crippen LogP contribution in [0.3, 0.4) is 0 Å². The number of hydrogen-bond donors (Lipinski definition) is 3. The van der Waals surface area contributed by atoms with E-state index in [1.165, 1.54) is 0 Å². The predicted molar refractivity (Wildman–Crippen MR) is 78.0 cm³/mol. The normalized spacial score (nSPS) is 14.8. The molecule has 0 rings (SSSR count). The summed E-state index contributed by atoms with van der Waals surface area (Å²) in [6, 6.07) is 0.573. The second-order valence-corrected chi connectivity index (χ2v) is 5.87. The van der Waals surface area contributed by atoms with E-state index in [-0.39, 0.29) is 5.96 Å². The summed E-state index contributed by atoms with van der Waals surface area (Å²) in [6.45, 7) is 2.92. The summed E-state index contributed by atoms with van der Waals surface area (Å²) in [5.74, 6) is 0.181. The maximum Gasteiger partial charge on any atom is 0.185 e. The number of guanidine groups is 1. The lowest BCUT2D eigenvalue weighted by Gasteiger charge is -2.26. The van der Waals surface area contributed by atoms with E-state index < -0.39 is 0 Å². The van der Waals surface area contributed by atoms with Crippen LogP contribution in [0, 0.1) is 0 Å². The van der Waals surface area contributed by atoms with Crippen molar-refractivity contribution in [1.29, 1.82) is 0 Å². The van der Waals surface area contributed by atoms with Gasteiger partial charge in [0.2, 0.25) is 0 Å². The highest BCUT2D eigenvalue weighted by Crippen LogP contribution is 2.22. The molecule has 0 aromatic carbocycles. The second kappa shape index (κ2) is 9.01. The van der Waals surface area contributed by atoms with Crippen molar-refractivity contribution in [2.45, 2.75) is 37.5 Å². The zero-order valence-electron chi connectivity index (χ0n) is 10.4. The maximum absolute atomic E-state index is 5.28. The maximum atomic E-state index is 5.28. The summed E-state index contributed by atoms with van der Waals surface area (Å²) < 4.78 is 0. The Balaban J connectivity index is 3.90. The fraction of sp³-hybridized carbons (Fsp3) is 0.900. The highest BCUT2D eigenvalue weighted by molar-refractivity contribution is 8.68. The summed E-state index contributed by atoms with van der Waals surface area (Å²) in [5.41, 5.74) is 10.6. The molecule has 4 nitrogen and oxygen atoms in total. The highest BCUT2D eigenvalue weighted by Gasteiger charge is 2.14. The van der Waals surface area contributed by atoms with Gasteiger partial charge >= 0.3 is 0 Å². The van der Waals surface area contributed by atoms with Crippen LogP contribution in [0.1, 0.15) is 26.2 Å². The lowest BCUT2D eigenvalue weighted by molar-refractivity contribution is 0.261. The fourth-order valence-electron chi connectivity index (χ4n) is 1.55.